The van der Waals surface area contributed by atoms with Crippen LogP contribution in [0, 0.1) is 5.82 Å². The Labute approximate surface area is 156 Å². The van der Waals surface area contributed by atoms with Crippen LogP contribution in [-0.2, 0) is 4.79 Å². The van der Waals surface area contributed by atoms with E-state index in [4.69, 9.17) is 23.2 Å². The largest absolute Gasteiger partial charge is 0.375 e. The molecule has 2 aromatic rings. The summed E-state index contributed by atoms with van der Waals surface area (Å²) in [4.78, 5) is 16.1. The van der Waals surface area contributed by atoms with Crippen molar-refractivity contribution in [2.24, 2.45) is 0 Å². The van der Waals surface area contributed by atoms with Crippen molar-refractivity contribution in [2.75, 3.05) is 42.9 Å². The van der Waals surface area contributed by atoms with Crippen molar-refractivity contribution in [1.29, 1.82) is 0 Å². The first-order valence-corrected chi connectivity index (χ1v) is 8.77. The zero-order valence-corrected chi connectivity index (χ0v) is 15.0. The zero-order chi connectivity index (χ0) is 17.8. The summed E-state index contributed by atoms with van der Waals surface area (Å²) in [5, 5.41) is 3.87. The predicted molar refractivity (Wildman–Crippen MR) is 100 cm³/mol. The predicted octanol–water partition coefficient (Wildman–Crippen LogP) is 3.89. The highest BCUT2D eigenvalue weighted by Crippen LogP contribution is 2.29. The molecule has 0 unspecified atom stereocenters. The molecule has 132 valence electrons. The number of amides is 1. The molecule has 3 rings (SSSR count). The lowest BCUT2D eigenvalue weighted by molar-refractivity contribution is -0.129. The Morgan fingerprint density at radius 3 is 2.48 bits per heavy atom. The van der Waals surface area contributed by atoms with Crippen molar-refractivity contribution in [1.82, 2.24) is 4.90 Å². The third-order valence-corrected chi connectivity index (χ3v) is 5.03. The van der Waals surface area contributed by atoms with Crippen LogP contribution in [0.5, 0.6) is 0 Å². The van der Waals surface area contributed by atoms with Gasteiger partial charge in [0.05, 0.1) is 28.0 Å². The second-order valence-corrected chi connectivity index (χ2v) is 6.56. The van der Waals surface area contributed by atoms with E-state index >= 15 is 0 Å². The van der Waals surface area contributed by atoms with Crippen molar-refractivity contribution in [3.8, 4) is 0 Å². The van der Waals surface area contributed by atoms with E-state index in [9.17, 15) is 9.18 Å². The summed E-state index contributed by atoms with van der Waals surface area (Å²) in [6, 6.07) is 11.9. The minimum atomic E-state index is -0.237. The first-order valence-electron chi connectivity index (χ1n) is 8.01. The molecule has 7 heteroatoms. The van der Waals surface area contributed by atoms with Gasteiger partial charge < -0.3 is 15.1 Å². The van der Waals surface area contributed by atoms with E-state index in [1.807, 2.05) is 11.0 Å². The lowest BCUT2D eigenvalue weighted by Crippen LogP contribution is -2.50. The Morgan fingerprint density at radius 2 is 1.76 bits per heavy atom. The number of piperazine rings is 1. The lowest BCUT2D eigenvalue weighted by atomic mass is 10.2. The molecule has 2 aromatic carbocycles. The number of carbonyl (C=O) groups is 1. The van der Waals surface area contributed by atoms with Crippen LogP contribution in [0.2, 0.25) is 10.0 Å². The summed E-state index contributed by atoms with van der Waals surface area (Å²) in [6.07, 6.45) is 0. The molecule has 0 aromatic heterocycles. The quantitative estimate of drug-likeness (QED) is 0.872. The maximum atomic E-state index is 13.9. The number of rotatable bonds is 4. The van der Waals surface area contributed by atoms with Gasteiger partial charge in [-0.25, -0.2) is 4.39 Å². The molecular formula is C18H18Cl2FN3O. The number of nitrogens with zero attached hydrogens (tertiary/aromatic N) is 2. The van der Waals surface area contributed by atoms with Crippen LogP contribution in [0.15, 0.2) is 42.5 Å². The maximum absolute atomic E-state index is 13.9. The Hall–Kier alpha value is -1.98. The van der Waals surface area contributed by atoms with Crippen molar-refractivity contribution >= 4 is 40.5 Å². The van der Waals surface area contributed by atoms with E-state index in [1.54, 1.807) is 35.2 Å². The first-order chi connectivity index (χ1) is 12.1. The van der Waals surface area contributed by atoms with Gasteiger partial charge in [-0.2, -0.15) is 0 Å². The van der Waals surface area contributed by atoms with Gasteiger partial charge in [0.15, 0.2) is 0 Å². The summed E-state index contributed by atoms with van der Waals surface area (Å²) < 4.78 is 13.9. The molecule has 1 N–H and O–H groups in total. The van der Waals surface area contributed by atoms with Gasteiger partial charge in [-0.1, -0.05) is 41.4 Å². The van der Waals surface area contributed by atoms with Gasteiger partial charge in [0.2, 0.25) is 5.91 Å². The highest BCUT2D eigenvalue weighted by Gasteiger charge is 2.22. The molecule has 1 aliphatic rings. The van der Waals surface area contributed by atoms with E-state index < -0.39 is 0 Å². The minimum Gasteiger partial charge on any atom is -0.375 e. The molecule has 1 fully saturated rings. The van der Waals surface area contributed by atoms with Crippen molar-refractivity contribution in [2.45, 2.75) is 0 Å². The van der Waals surface area contributed by atoms with Gasteiger partial charge in [-0.15, -0.1) is 0 Å². The number of anilines is 2. The molecule has 25 heavy (non-hydrogen) atoms. The molecule has 1 amide bonds. The van der Waals surface area contributed by atoms with Gasteiger partial charge in [-0.3, -0.25) is 4.79 Å². The topological polar surface area (TPSA) is 35.6 Å². The fourth-order valence-corrected chi connectivity index (χ4v) is 3.20. The zero-order valence-electron chi connectivity index (χ0n) is 13.5. The second kappa shape index (κ2) is 7.93. The summed E-state index contributed by atoms with van der Waals surface area (Å²) in [6.45, 7) is 2.45. The first kappa shape index (κ1) is 17.8. The van der Waals surface area contributed by atoms with Crippen molar-refractivity contribution in [3.05, 3.63) is 58.3 Å². The third kappa shape index (κ3) is 4.17. The van der Waals surface area contributed by atoms with Gasteiger partial charge >= 0.3 is 0 Å². The smallest absolute Gasteiger partial charge is 0.241 e. The molecule has 1 saturated heterocycles. The van der Waals surface area contributed by atoms with Gasteiger partial charge in [0, 0.05) is 26.2 Å². The molecule has 0 bridgehead atoms. The van der Waals surface area contributed by atoms with Crippen LogP contribution in [0.1, 0.15) is 0 Å². The van der Waals surface area contributed by atoms with Gasteiger partial charge in [0.25, 0.3) is 0 Å². The number of hydrogen-bond acceptors (Lipinski definition) is 3. The average Bonchev–Trinajstić information content (AvgIpc) is 2.63. The fourth-order valence-electron chi connectivity index (χ4n) is 2.83. The third-order valence-electron chi connectivity index (χ3n) is 4.21. The number of nitrogens with one attached hydrogen (secondary N) is 1. The highest BCUT2D eigenvalue weighted by molar-refractivity contribution is 6.43. The molecule has 0 radical (unpaired) electrons. The Balaban J connectivity index is 1.53. The molecular weight excluding hydrogens is 364 g/mol. The normalized spacial score (nSPS) is 14.5. The molecule has 4 nitrogen and oxygen atoms in total. The van der Waals surface area contributed by atoms with Crippen LogP contribution >= 0.6 is 23.2 Å². The lowest BCUT2D eigenvalue weighted by Gasteiger charge is -2.36. The Bertz CT molecular complexity index is 764. The SMILES string of the molecule is O=C(CNc1cccc(Cl)c1Cl)N1CCN(c2ccccc2F)CC1. The number of halogens is 3. The van der Waals surface area contributed by atoms with Gasteiger partial charge in [0.1, 0.15) is 5.82 Å². The number of hydrogen-bond donors (Lipinski definition) is 1. The summed E-state index contributed by atoms with van der Waals surface area (Å²) in [5.41, 5.74) is 1.21. The summed E-state index contributed by atoms with van der Waals surface area (Å²) in [7, 11) is 0. The number of benzene rings is 2. The second-order valence-electron chi connectivity index (χ2n) is 5.77. The Morgan fingerprint density at radius 1 is 1.04 bits per heavy atom. The van der Waals surface area contributed by atoms with E-state index in [0.717, 1.165) is 0 Å². The highest BCUT2D eigenvalue weighted by atomic mass is 35.5. The van der Waals surface area contributed by atoms with Gasteiger partial charge in [-0.05, 0) is 24.3 Å². The average molecular weight is 382 g/mol. The van der Waals surface area contributed by atoms with E-state index in [0.29, 0.717) is 47.6 Å². The van der Waals surface area contributed by atoms with Crippen LogP contribution in [0.3, 0.4) is 0 Å². The van der Waals surface area contributed by atoms with E-state index in [-0.39, 0.29) is 18.3 Å². The molecule has 0 spiro atoms. The monoisotopic (exact) mass is 381 g/mol. The molecule has 1 heterocycles. The van der Waals surface area contributed by atoms with Crippen molar-refractivity contribution in [3.63, 3.8) is 0 Å². The van der Waals surface area contributed by atoms with Crippen LogP contribution in [0.4, 0.5) is 15.8 Å². The number of para-hydroxylation sites is 1. The summed E-state index contributed by atoms with van der Waals surface area (Å²) >= 11 is 12.1. The summed E-state index contributed by atoms with van der Waals surface area (Å²) in [5.74, 6) is -0.260. The molecule has 1 aliphatic heterocycles. The van der Waals surface area contributed by atoms with Crippen LogP contribution in [-0.4, -0.2) is 43.5 Å². The molecule has 0 saturated carbocycles. The van der Waals surface area contributed by atoms with E-state index in [1.165, 1.54) is 6.07 Å². The standard InChI is InChI=1S/C18H18Cl2FN3O/c19-13-4-3-6-15(18(13)20)22-12-17(25)24-10-8-23(9-11-24)16-7-2-1-5-14(16)21/h1-7,22H,8-12H2. The maximum Gasteiger partial charge on any atom is 0.241 e. The number of carbonyl (C=O) groups excluding carboxylic acids is 1. The Kier molecular flexibility index (Phi) is 5.66. The van der Waals surface area contributed by atoms with Crippen molar-refractivity contribution < 1.29 is 9.18 Å². The van der Waals surface area contributed by atoms with Crippen LogP contribution in [0.25, 0.3) is 0 Å². The molecule has 0 atom stereocenters. The molecule has 0 aliphatic carbocycles. The van der Waals surface area contributed by atoms with Crippen LogP contribution < -0.4 is 10.2 Å². The minimum absolute atomic E-state index is 0.0239. The van der Waals surface area contributed by atoms with E-state index in [2.05, 4.69) is 5.32 Å². The fraction of sp³-hybridized carbons (Fsp3) is 0.278.